The molecule has 3 rings (SSSR count). The predicted octanol–water partition coefficient (Wildman–Crippen LogP) is 3.94. The molecule has 1 heterocycles. The van der Waals surface area contributed by atoms with Crippen molar-refractivity contribution in [2.24, 2.45) is 0 Å². The van der Waals surface area contributed by atoms with E-state index in [1.807, 2.05) is 43.9 Å². The van der Waals surface area contributed by atoms with Crippen LogP contribution in [-0.4, -0.2) is 55.8 Å². The number of nitrogens with one attached hydrogen (secondary N) is 1. The van der Waals surface area contributed by atoms with Crippen LogP contribution in [0.2, 0.25) is 10.0 Å². The first-order valence-electron chi connectivity index (χ1n) is 9.67. The van der Waals surface area contributed by atoms with Gasteiger partial charge in [0.15, 0.2) is 0 Å². The molecule has 1 atom stereocenters. The fourth-order valence-electron chi connectivity index (χ4n) is 3.55. The summed E-state index contributed by atoms with van der Waals surface area (Å²) in [5.41, 5.74) is 2.83. The Hall–Kier alpha value is -1.64. The summed E-state index contributed by atoms with van der Waals surface area (Å²) in [5.74, 6) is -0.110. The van der Waals surface area contributed by atoms with Gasteiger partial charge in [-0.1, -0.05) is 41.4 Å². The number of rotatable bonds is 5. The van der Waals surface area contributed by atoms with Crippen LogP contribution in [0.25, 0.3) is 0 Å². The zero-order valence-electron chi connectivity index (χ0n) is 17.2. The van der Waals surface area contributed by atoms with Crippen molar-refractivity contribution in [3.63, 3.8) is 0 Å². The van der Waals surface area contributed by atoms with Crippen LogP contribution in [0.1, 0.15) is 18.1 Å². The molecule has 30 heavy (non-hydrogen) atoms. The van der Waals surface area contributed by atoms with E-state index in [2.05, 4.69) is 5.32 Å². The van der Waals surface area contributed by atoms with Crippen LogP contribution in [0.3, 0.4) is 0 Å². The summed E-state index contributed by atoms with van der Waals surface area (Å²) in [6.07, 6.45) is 0. The molecule has 1 fully saturated rings. The lowest BCUT2D eigenvalue weighted by atomic mass is 10.1. The lowest BCUT2D eigenvalue weighted by Crippen LogP contribution is -2.54. The average Bonchev–Trinajstić information content (AvgIpc) is 2.72. The first-order chi connectivity index (χ1) is 14.1. The number of aryl methyl sites for hydroxylation is 2. The molecule has 0 aliphatic carbocycles. The van der Waals surface area contributed by atoms with E-state index < -0.39 is 10.0 Å². The third-order valence-corrected chi connectivity index (χ3v) is 8.06. The molecular formula is C21H25Cl2N3O3S. The molecule has 1 amide bonds. The molecule has 2 aromatic carbocycles. The maximum Gasteiger partial charge on any atom is 0.244 e. The molecule has 9 heteroatoms. The predicted molar refractivity (Wildman–Crippen MR) is 121 cm³/mol. The van der Waals surface area contributed by atoms with Crippen molar-refractivity contribution in [3.05, 3.63) is 57.6 Å². The van der Waals surface area contributed by atoms with Crippen LogP contribution in [0.15, 0.2) is 41.3 Å². The van der Waals surface area contributed by atoms with Crippen molar-refractivity contribution >= 4 is 44.8 Å². The maximum absolute atomic E-state index is 13.0. The highest BCUT2D eigenvalue weighted by molar-refractivity contribution is 7.89. The largest absolute Gasteiger partial charge is 0.324 e. The van der Waals surface area contributed by atoms with Crippen LogP contribution < -0.4 is 5.32 Å². The van der Waals surface area contributed by atoms with Crippen LogP contribution in [0, 0.1) is 13.8 Å². The molecule has 0 aromatic heterocycles. The van der Waals surface area contributed by atoms with E-state index in [0.717, 1.165) is 16.8 Å². The van der Waals surface area contributed by atoms with Crippen molar-refractivity contribution in [2.75, 3.05) is 31.5 Å². The summed E-state index contributed by atoms with van der Waals surface area (Å²) in [7, 11) is -3.75. The van der Waals surface area contributed by atoms with E-state index in [4.69, 9.17) is 23.2 Å². The molecule has 0 bridgehead atoms. The lowest BCUT2D eigenvalue weighted by molar-refractivity contribution is -0.121. The number of hydrogen-bond acceptors (Lipinski definition) is 4. The van der Waals surface area contributed by atoms with E-state index in [9.17, 15) is 13.2 Å². The van der Waals surface area contributed by atoms with Gasteiger partial charge in [0.25, 0.3) is 0 Å². The van der Waals surface area contributed by atoms with Gasteiger partial charge < -0.3 is 5.32 Å². The van der Waals surface area contributed by atoms with Gasteiger partial charge in [0.05, 0.1) is 11.1 Å². The smallest absolute Gasteiger partial charge is 0.244 e. The molecule has 0 radical (unpaired) electrons. The van der Waals surface area contributed by atoms with Gasteiger partial charge in [0.2, 0.25) is 15.9 Å². The van der Waals surface area contributed by atoms with E-state index in [1.54, 1.807) is 6.07 Å². The van der Waals surface area contributed by atoms with Gasteiger partial charge in [-0.15, -0.1) is 0 Å². The number of sulfonamides is 1. The molecular weight excluding hydrogens is 445 g/mol. The van der Waals surface area contributed by atoms with Crippen molar-refractivity contribution in [2.45, 2.75) is 31.7 Å². The monoisotopic (exact) mass is 469 g/mol. The Morgan fingerprint density at radius 1 is 1.03 bits per heavy atom. The number of amides is 1. The number of halogens is 2. The molecule has 1 saturated heterocycles. The summed E-state index contributed by atoms with van der Waals surface area (Å²) in [5, 5.41) is 3.47. The molecule has 0 saturated carbocycles. The number of hydrogen-bond donors (Lipinski definition) is 1. The van der Waals surface area contributed by atoms with Gasteiger partial charge in [0.1, 0.15) is 4.90 Å². The molecule has 6 nitrogen and oxygen atoms in total. The molecule has 1 N–H and O–H groups in total. The fourth-order valence-corrected chi connectivity index (χ4v) is 5.71. The molecule has 0 spiro atoms. The fraction of sp³-hybridized carbons (Fsp3) is 0.381. The zero-order chi connectivity index (χ0) is 22.1. The Labute approximate surface area is 187 Å². The third-order valence-electron chi connectivity index (χ3n) is 5.44. The first-order valence-corrected chi connectivity index (χ1v) is 11.9. The number of carbonyl (C=O) groups is 1. The summed E-state index contributed by atoms with van der Waals surface area (Å²) in [6.45, 7) is 7.17. The summed E-state index contributed by atoms with van der Waals surface area (Å²) in [6, 6.07) is 9.88. The molecule has 162 valence electrons. The standard InChI is InChI=1S/C21H25Cl2N3O3S/c1-14-5-4-6-15(2)20(14)24-21(27)16(3)25-9-11-26(12-10-25)30(28,29)19-13-17(22)7-8-18(19)23/h4-8,13,16H,9-12H2,1-3H3,(H,24,27). The minimum atomic E-state index is -3.75. The summed E-state index contributed by atoms with van der Waals surface area (Å²) < 4.78 is 27.3. The summed E-state index contributed by atoms with van der Waals surface area (Å²) in [4.78, 5) is 14.8. The van der Waals surface area contributed by atoms with Crippen LogP contribution in [0.4, 0.5) is 5.69 Å². The zero-order valence-corrected chi connectivity index (χ0v) is 19.5. The second kappa shape index (κ2) is 9.24. The van der Waals surface area contributed by atoms with Crippen molar-refractivity contribution in [1.82, 2.24) is 9.21 Å². The highest BCUT2D eigenvalue weighted by Gasteiger charge is 2.33. The van der Waals surface area contributed by atoms with Gasteiger partial charge >= 0.3 is 0 Å². The number of para-hydroxylation sites is 1. The van der Waals surface area contributed by atoms with Crippen LogP contribution >= 0.6 is 23.2 Å². The Kier molecular flexibility index (Phi) is 7.09. The van der Waals surface area contributed by atoms with E-state index in [1.165, 1.54) is 16.4 Å². The second-order valence-electron chi connectivity index (χ2n) is 7.45. The summed E-state index contributed by atoms with van der Waals surface area (Å²) >= 11 is 12.1. The normalized spacial score (nSPS) is 17.0. The highest BCUT2D eigenvalue weighted by Crippen LogP contribution is 2.28. The quantitative estimate of drug-likeness (QED) is 0.719. The van der Waals surface area contributed by atoms with Gasteiger partial charge in [0, 0.05) is 36.9 Å². The number of carbonyl (C=O) groups excluding carboxylic acids is 1. The Balaban J connectivity index is 1.66. The van der Waals surface area contributed by atoms with Crippen molar-refractivity contribution in [1.29, 1.82) is 0 Å². The minimum absolute atomic E-state index is 0.00550. The van der Waals surface area contributed by atoms with Crippen LogP contribution in [-0.2, 0) is 14.8 Å². The molecule has 1 aliphatic heterocycles. The Bertz CT molecular complexity index is 1030. The SMILES string of the molecule is Cc1cccc(C)c1NC(=O)C(C)N1CCN(S(=O)(=O)c2cc(Cl)ccc2Cl)CC1. The average molecular weight is 470 g/mol. The van der Waals surface area contributed by atoms with Gasteiger partial charge in [-0.25, -0.2) is 8.42 Å². The number of piperazine rings is 1. The minimum Gasteiger partial charge on any atom is -0.324 e. The number of anilines is 1. The molecule has 2 aromatic rings. The first kappa shape index (κ1) is 23.0. The topological polar surface area (TPSA) is 69.7 Å². The van der Waals surface area contributed by atoms with E-state index in [0.29, 0.717) is 18.1 Å². The number of nitrogens with zero attached hydrogens (tertiary/aromatic N) is 2. The van der Waals surface area contributed by atoms with Gasteiger partial charge in [-0.05, 0) is 50.1 Å². The van der Waals surface area contributed by atoms with Gasteiger partial charge in [-0.2, -0.15) is 4.31 Å². The molecule has 1 unspecified atom stereocenters. The third kappa shape index (κ3) is 4.81. The Morgan fingerprint density at radius 2 is 1.63 bits per heavy atom. The molecule has 1 aliphatic rings. The Morgan fingerprint density at radius 3 is 2.23 bits per heavy atom. The van der Waals surface area contributed by atoms with Gasteiger partial charge in [-0.3, -0.25) is 9.69 Å². The van der Waals surface area contributed by atoms with E-state index >= 15 is 0 Å². The van der Waals surface area contributed by atoms with Crippen molar-refractivity contribution < 1.29 is 13.2 Å². The van der Waals surface area contributed by atoms with Crippen LogP contribution in [0.5, 0.6) is 0 Å². The lowest BCUT2D eigenvalue weighted by Gasteiger charge is -2.37. The van der Waals surface area contributed by atoms with Crippen molar-refractivity contribution in [3.8, 4) is 0 Å². The number of benzene rings is 2. The maximum atomic E-state index is 13.0. The van der Waals surface area contributed by atoms with E-state index in [-0.39, 0.29) is 35.0 Å². The second-order valence-corrected chi connectivity index (χ2v) is 10.2. The highest BCUT2D eigenvalue weighted by atomic mass is 35.5.